The first-order valence-electron chi connectivity index (χ1n) is 9.24. The van der Waals surface area contributed by atoms with Crippen molar-refractivity contribution in [2.45, 2.75) is 97.9 Å². The van der Waals surface area contributed by atoms with Crippen LogP contribution in [-0.2, 0) is 13.0 Å². The van der Waals surface area contributed by atoms with Gasteiger partial charge in [-0.3, -0.25) is 0 Å². The Hall–Kier alpha value is -0.790. The van der Waals surface area contributed by atoms with Gasteiger partial charge in [-0.15, -0.1) is 0 Å². The fourth-order valence-electron chi connectivity index (χ4n) is 2.76. The van der Waals surface area contributed by atoms with E-state index < -0.39 is 0 Å². The van der Waals surface area contributed by atoms with Crippen LogP contribution in [0.2, 0.25) is 0 Å². The molecular formula is C19H36N2. The van der Waals surface area contributed by atoms with Crippen LogP contribution in [0.5, 0.6) is 0 Å². The second kappa shape index (κ2) is 11.8. The Bertz CT molecular complexity index is 341. The van der Waals surface area contributed by atoms with Crippen LogP contribution in [0.1, 0.15) is 90.8 Å². The van der Waals surface area contributed by atoms with Gasteiger partial charge in [0.25, 0.3) is 0 Å². The van der Waals surface area contributed by atoms with E-state index in [-0.39, 0.29) is 0 Å². The fraction of sp³-hybridized carbons (Fsp3) is 0.842. The lowest BCUT2D eigenvalue weighted by Gasteiger charge is -2.09. The molecule has 0 aliphatic carbocycles. The number of hydrogen-bond donors (Lipinski definition) is 0. The van der Waals surface area contributed by atoms with Gasteiger partial charge in [0.05, 0.1) is 0 Å². The van der Waals surface area contributed by atoms with Gasteiger partial charge in [0.15, 0.2) is 0 Å². The summed E-state index contributed by atoms with van der Waals surface area (Å²) in [6.07, 6.45) is 19.1. The summed E-state index contributed by atoms with van der Waals surface area (Å²) in [4.78, 5) is 4.52. The van der Waals surface area contributed by atoms with Crippen LogP contribution in [0, 0.1) is 5.92 Å². The van der Waals surface area contributed by atoms with Crippen LogP contribution in [0.15, 0.2) is 12.4 Å². The van der Waals surface area contributed by atoms with E-state index in [9.17, 15) is 0 Å². The molecule has 0 saturated carbocycles. The van der Waals surface area contributed by atoms with E-state index in [0.29, 0.717) is 0 Å². The molecule has 0 saturated heterocycles. The van der Waals surface area contributed by atoms with Crippen LogP contribution >= 0.6 is 0 Å². The van der Waals surface area contributed by atoms with Gasteiger partial charge in [-0.05, 0) is 18.8 Å². The maximum Gasteiger partial charge on any atom is 0.108 e. The molecule has 21 heavy (non-hydrogen) atoms. The zero-order valence-corrected chi connectivity index (χ0v) is 14.6. The van der Waals surface area contributed by atoms with E-state index in [4.69, 9.17) is 0 Å². The van der Waals surface area contributed by atoms with E-state index in [1.807, 2.05) is 6.20 Å². The van der Waals surface area contributed by atoms with E-state index in [0.717, 1.165) is 18.9 Å². The summed E-state index contributed by atoms with van der Waals surface area (Å²) in [5, 5.41) is 0. The maximum absolute atomic E-state index is 4.52. The number of nitrogens with zero attached hydrogens (tertiary/aromatic N) is 2. The molecular weight excluding hydrogens is 256 g/mol. The Kier molecular flexibility index (Phi) is 10.3. The molecule has 0 atom stereocenters. The Morgan fingerprint density at radius 1 is 0.952 bits per heavy atom. The van der Waals surface area contributed by atoms with E-state index >= 15 is 0 Å². The number of hydrogen-bond acceptors (Lipinski definition) is 1. The molecule has 122 valence electrons. The van der Waals surface area contributed by atoms with Crippen LogP contribution < -0.4 is 0 Å². The normalized spacial score (nSPS) is 11.4. The third-order valence-electron chi connectivity index (χ3n) is 4.25. The molecule has 0 spiro atoms. The molecule has 0 aliphatic heterocycles. The molecule has 0 bridgehead atoms. The van der Waals surface area contributed by atoms with Gasteiger partial charge >= 0.3 is 0 Å². The Morgan fingerprint density at radius 3 is 2.19 bits per heavy atom. The number of imidazole rings is 1. The zero-order chi connectivity index (χ0) is 15.3. The number of rotatable bonds is 13. The Labute approximate surface area is 132 Å². The van der Waals surface area contributed by atoms with Crippen molar-refractivity contribution < 1.29 is 0 Å². The maximum atomic E-state index is 4.52. The van der Waals surface area contributed by atoms with Crippen LogP contribution in [0.4, 0.5) is 0 Å². The highest BCUT2D eigenvalue weighted by Gasteiger charge is 2.03. The molecule has 1 rings (SSSR count). The van der Waals surface area contributed by atoms with Crippen molar-refractivity contribution in [3.8, 4) is 0 Å². The van der Waals surface area contributed by atoms with Gasteiger partial charge in [-0.1, -0.05) is 72.1 Å². The van der Waals surface area contributed by atoms with Gasteiger partial charge in [0.1, 0.15) is 5.82 Å². The molecule has 0 aliphatic rings. The average molecular weight is 293 g/mol. The smallest absolute Gasteiger partial charge is 0.108 e. The minimum absolute atomic E-state index is 0.771. The highest BCUT2D eigenvalue weighted by atomic mass is 15.1. The number of aryl methyl sites for hydroxylation is 2. The highest BCUT2D eigenvalue weighted by molar-refractivity contribution is 4.92. The second-order valence-corrected chi connectivity index (χ2v) is 6.80. The van der Waals surface area contributed by atoms with E-state index in [2.05, 4.69) is 36.5 Å². The average Bonchev–Trinajstić information content (AvgIpc) is 2.91. The predicted molar refractivity (Wildman–Crippen MR) is 92.6 cm³/mol. The Morgan fingerprint density at radius 2 is 1.57 bits per heavy atom. The summed E-state index contributed by atoms with van der Waals surface area (Å²) in [7, 11) is 0. The topological polar surface area (TPSA) is 17.8 Å². The monoisotopic (exact) mass is 292 g/mol. The molecule has 0 radical (unpaired) electrons. The highest BCUT2D eigenvalue weighted by Crippen LogP contribution is 2.12. The number of unbranched alkanes of at least 4 members (excludes halogenated alkanes) is 8. The molecule has 2 nitrogen and oxygen atoms in total. The van der Waals surface area contributed by atoms with Crippen molar-refractivity contribution in [2.24, 2.45) is 5.92 Å². The summed E-state index contributed by atoms with van der Waals surface area (Å²) in [5.74, 6) is 2.06. The SMILES string of the molecule is CCCCCCCCCCCc1nccn1CCC(C)C. The lowest BCUT2D eigenvalue weighted by atomic mass is 10.1. The summed E-state index contributed by atoms with van der Waals surface area (Å²) in [5.41, 5.74) is 0. The third-order valence-corrected chi connectivity index (χ3v) is 4.25. The molecule has 0 N–H and O–H groups in total. The van der Waals surface area contributed by atoms with Crippen molar-refractivity contribution in [2.75, 3.05) is 0 Å². The summed E-state index contributed by atoms with van der Waals surface area (Å²) in [6, 6.07) is 0. The van der Waals surface area contributed by atoms with Crippen molar-refractivity contribution >= 4 is 0 Å². The van der Waals surface area contributed by atoms with Crippen molar-refractivity contribution in [1.29, 1.82) is 0 Å². The molecule has 0 fully saturated rings. The minimum Gasteiger partial charge on any atom is -0.335 e. The largest absolute Gasteiger partial charge is 0.335 e. The first-order valence-corrected chi connectivity index (χ1v) is 9.24. The zero-order valence-electron chi connectivity index (χ0n) is 14.6. The molecule has 0 amide bonds. The molecule has 2 heteroatoms. The quantitative estimate of drug-likeness (QED) is 0.407. The van der Waals surface area contributed by atoms with Gasteiger partial charge in [0, 0.05) is 25.4 Å². The molecule has 0 aromatic carbocycles. The standard InChI is InChI=1S/C19H36N2/c1-4-5-6-7-8-9-10-11-12-13-19-20-15-17-21(19)16-14-18(2)3/h15,17-18H,4-14,16H2,1-3H3. The predicted octanol–water partition coefficient (Wildman–Crippen LogP) is 6.00. The molecule has 1 aromatic heterocycles. The molecule has 0 unspecified atom stereocenters. The van der Waals surface area contributed by atoms with Gasteiger partial charge < -0.3 is 4.57 Å². The van der Waals surface area contributed by atoms with Crippen LogP contribution in [0.25, 0.3) is 0 Å². The fourth-order valence-corrected chi connectivity index (χ4v) is 2.76. The molecule has 1 heterocycles. The number of aromatic nitrogens is 2. The van der Waals surface area contributed by atoms with E-state index in [1.165, 1.54) is 70.0 Å². The molecule has 1 aromatic rings. The van der Waals surface area contributed by atoms with Crippen molar-refractivity contribution in [3.63, 3.8) is 0 Å². The summed E-state index contributed by atoms with van der Waals surface area (Å²) >= 11 is 0. The van der Waals surface area contributed by atoms with E-state index in [1.54, 1.807) is 0 Å². The minimum atomic E-state index is 0.771. The third kappa shape index (κ3) is 8.95. The van der Waals surface area contributed by atoms with Gasteiger partial charge in [-0.25, -0.2) is 4.98 Å². The van der Waals surface area contributed by atoms with Gasteiger partial charge in [0.2, 0.25) is 0 Å². The first-order chi connectivity index (χ1) is 10.2. The van der Waals surface area contributed by atoms with Gasteiger partial charge in [-0.2, -0.15) is 0 Å². The summed E-state index contributed by atoms with van der Waals surface area (Å²) in [6.45, 7) is 7.99. The lowest BCUT2D eigenvalue weighted by Crippen LogP contribution is -2.05. The lowest BCUT2D eigenvalue weighted by molar-refractivity contribution is 0.499. The van der Waals surface area contributed by atoms with Crippen molar-refractivity contribution in [1.82, 2.24) is 9.55 Å². The van der Waals surface area contributed by atoms with Crippen LogP contribution in [0.3, 0.4) is 0 Å². The second-order valence-electron chi connectivity index (χ2n) is 6.80. The van der Waals surface area contributed by atoms with Crippen LogP contribution in [-0.4, -0.2) is 9.55 Å². The summed E-state index contributed by atoms with van der Waals surface area (Å²) < 4.78 is 2.35. The van der Waals surface area contributed by atoms with Crippen molar-refractivity contribution in [3.05, 3.63) is 18.2 Å². The first kappa shape index (κ1) is 18.3. The Balaban J connectivity index is 2.03.